The van der Waals surface area contributed by atoms with Gasteiger partial charge in [0.25, 0.3) is 0 Å². The molecule has 2 saturated heterocycles. The minimum absolute atomic E-state index is 0.197. The van der Waals surface area contributed by atoms with Crippen LogP contribution in [0.3, 0.4) is 0 Å². The quantitative estimate of drug-likeness (QED) is 0.833. The van der Waals surface area contributed by atoms with Crippen LogP contribution in [-0.4, -0.2) is 74.1 Å². The van der Waals surface area contributed by atoms with Crippen LogP contribution in [0.2, 0.25) is 0 Å². The van der Waals surface area contributed by atoms with Gasteiger partial charge in [-0.2, -0.15) is 0 Å². The maximum Gasteiger partial charge on any atom is 0.234 e. The van der Waals surface area contributed by atoms with Gasteiger partial charge in [-0.05, 0) is 37.3 Å². The lowest BCUT2D eigenvalue weighted by Gasteiger charge is -2.37. The molecule has 1 aromatic carbocycles. The molecule has 1 atom stereocenters. The van der Waals surface area contributed by atoms with E-state index in [0.717, 1.165) is 58.3 Å². The van der Waals surface area contributed by atoms with Gasteiger partial charge in [-0.1, -0.05) is 31.0 Å². The number of rotatable bonds is 6. The Labute approximate surface area is 163 Å². The normalized spacial score (nSPS) is 25.2. The van der Waals surface area contributed by atoms with Gasteiger partial charge in [-0.15, -0.1) is 0 Å². The molecule has 0 radical (unpaired) electrons. The summed E-state index contributed by atoms with van der Waals surface area (Å²) < 4.78 is 0. The number of carbonyl (C=O) groups is 1. The monoisotopic (exact) mass is 370 g/mol. The molecule has 27 heavy (non-hydrogen) atoms. The minimum Gasteiger partial charge on any atom is -0.371 e. The summed E-state index contributed by atoms with van der Waals surface area (Å²) in [5, 5.41) is 3.19. The molecule has 0 bridgehead atoms. The van der Waals surface area contributed by atoms with Crippen molar-refractivity contribution in [2.24, 2.45) is 5.92 Å². The van der Waals surface area contributed by atoms with Crippen LogP contribution in [0.1, 0.15) is 32.1 Å². The number of amides is 1. The van der Waals surface area contributed by atoms with Crippen molar-refractivity contribution in [1.82, 2.24) is 15.1 Å². The molecular formula is C22H34N4O. The zero-order valence-corrected chi connectivity index (χ0v) is 16.5. The highest BCUT2D eigenvalue weighted by atomic mass is 16.2. The number of piperazine rings is 1. The van der Waals surface area contributed by atoms with Crippen LogP contribution in [0.4, 0.5) is 5.69 Å². The summed E-state index contributed by atoms with van der Waals surface area (Å²) in [4.78, 5) is 19.8. The van der Waals surface area contributed by atoms with E-state index in [2.05, 4.69) is 50.3 Å². The number of nitrogens with one attached hydrogen (secondary N) is 1. The molecule has 2 heterocycles. The Hall–Kier alpha value is -1.59. The molecule has 1 unspecified atom stereocenters. The second-order valence-electron chi connectivity index (χ2n) is 8.49. The number of carbonyl (C=O) groups excluding carboxylic acids is 1. The van der Waals surface area contributed by atoms with E-state index in [0.29, 0.717) is 12.5 Å². The highest BCUT2D eigenvalue weighted by molar-refractivity contribution is 5.78. The van der Waals surface area contributed by atoms with E-state index in [1.165, 1.54) is 31.4 Å². The van der Waals surface area contributed by atoms with Crippen LogP contribution in [0.5, 0.6) is 0 Å². The molecule has 1 amide bonds. The van der Waals surface area contributed by atoms with E-state index in [4.69, 9.17) is 0 Å². The lowest BCUT2D eigenvalue weighted by atomic mass is 10.1. The van der Waals surface area contributed by atoms with Crippen molar-refractivity contribution in [1.29, 1.82) is 0 Å². The van der Waals surface area contributed by atoms with Crippen molar-refractivity contribution in [2.45, 2.75) is 38.1 Å². The van der Waals surface area contributed by atoms with Crippen molar-refractivity contribution >= 4 is 11.6 Å². The Balaban J connectivity index is 1.13. The Morgan fingerprint density at radius 1 is 0.963 bits per heavy atom. The molecule has 1 aliphatic carbocycles. The van der Waals surface area contributed by atoms with Gasteiger partial charge in [0.2, 0.25) is 5.91 Å². The molecule has 5 nitrogen and oxygen atoms in total. The first-order valence-corrected chi connectivity index (χ1v) is 10.8. The van der Waals surface area contributed by atoms with Gasteiger partial charge in [0.05, 0.1) is 6.54 Å². The predicted molar refractivity (Wildman–Crippen MR) is 110 cm³/mol. The Morgan fingerprint density at radius 3 is 2.44 bits per heavy atom. The van der Waals surface area contributed by atoms with E-state index in [9.17, 15) is 4.79 Å². The van der Waals surface area contributed by atoms with E-state index >= 15 is 0 Å². The number of nitrogens with zero attached hydrogens (tertiary/aromatic N) is 3. The number of hydrogen-bond acceptors (Lipinski definition) is 4. The molecular weight excluding hydrogens is 336 g/mol. The average Bonchev–Trinajstić information content (AvgIpc) is 3.40. The fraction of sp³-hybridized carbons (Fsp3) is 0.682. The van der Waals surface area contributed by atoms with Crippen LogP contribution in [-0.2, 0) is 4.79 Å². The lowest BCUT2D eigenvalue weighted by molar-refractivity contribution is -0.122. The smallest absolute Gasteiger partial charge is 0.234 e. The molecule has 0 aromatic heterocycles. The number of hydrogen-bond donors (Lipinski definition) is 1. The fourth-order valence-corrected chi connectivity index (χ4v) is 4.95. The molecule has 148 valence electrons. The topological polar surface area (TPSA) is 38.8 Å². The van der Waals surface area contributed by atoms with Gasteiger partial charge in [-0.25, -0.2) is 0 Å². The third-order valence-electron chi connectivity index (χ3n) is 6.61. The highest BCUT2D eigenvalue weighted by Gasteiger charge is 2.27. The first kappa shape index (κ1) is 18.8. The molecule has 1 saturated carbocycles. The summed E-state index contributed by atoms with van der Waals surface area (Å²) in [5.74, 6) is 0.760. The zero-order chi connectivity index (χ0) is 18.5. The van der Waals surface area contributed by atoms with Crippen LogP contribution >= 0.6 is 0 Å². The SMILES string of the molecule is O=C(CN1CCN(C2CCCC2)CC1)NCC1CCN(c2ccccc2)C1. The van der Waals surface area contributed by atoms with E-state index in [-0.39, 0.29) is 5.91 Å². The van der Waals surface area contributed by atoms with Crippen molar-refractivity contribution in [3.63, 3.8) is 0 Å². The molecule has 2 aliphatic heterocycles. The Kier molecular flexibility index (Phi) is 6.30. The van der Waals surface area contributed by atoms with Crippen LogP contribution < -0.4 is 10.2 Å². The standard InChI is InChI=1S/C22H34N4O/c27-22(18-24-12-14-25(15-13-24)20-8-4-5-9-20)23-16-19-10-11-26(17-19)21-6-2-1-3-7-21/h1-3,6-7,19-20H,4-5,8-18H2,(H,23,27). The van der Waals surface area contributed by atoms with E-state index in [1.54, 1.807) is 0 Å². The highest BCUT2D eigenvalue weighted by Crippen LogP contribution is 2.24. The lowest BCUT2D eigenvalue weighted by Crippen LogP contribution is -2.52. The first-order chi connectivity index (χ1) is 13.3. The summed E-state index contributed by atoms with van der Waals surface area (Å²) in [7, 11) is 0. The van der Waals surface area contributed by atoms with Crippen molar-refractivity contribution in [2.75, 3.05) is 57.3 Å². The molecule has 1 N–H and O–H groups in total. The molecule has 4 rings (SSSR count). The maximum atomic E-state index is 12.4. The van der Waals surface area contributed by atoms with Gasteiger partial charge < -0.3 is 10.2 Å². The van der Waals surface area contributed by atoms with Gasteiger partial charge in [0.1, 0.15) is 0 Å². The molecule has 1 aromatic rings. The largest absolute Gasteiger partial charge is 0.371 e. The summed E-state index contributed by atoms with van der Waals surface area (Å²) in [6, 6.07) is 11.4. The van der Waals surface area contributed by atoms with Gasteiger partial charge >= 0.3 is 0 Å². The van der Waals surface area contributed by atoms with Crippen molar-refractivity contribution in [3.8, 4) is 0 Å². The summed E-state index contributed by atoms with van der Waals surface area (Å²) >= 11 is 0. The molecule has 3 fully saturated rings. The third kappa shape index (κ3) is 5.02. The number of benzene rings is 1. The number of para-hydroxylation sites is 1. The zero-order valence-electron chi connectivity index (χ0n) is 16.5. The number of anilines is 1. The van der Waals surface area contributed by atoms with E-state index < -0.39 is 0 Å². The summed E-state index contributed by atoms with van der Waals surface area (Å²) in [5.41, 5.74) is 1.30. The van der Waals surface area contributed by atoms with Crippen LogP contribution in [0.15, 0.2) is 30.3 Å². The van der Waals surface area contributed by atoms with E-state index in [1.807, 2.05) is 0 Å². The summed E-state index contributed by atoms with van der Waals surface area (Å²) in [6.07, 6.45) is 6.71. The maximum absolute atomic E-state index is 12.4. The Bertz CT molecular complexity index is 594. The first-order valence-electron chi connectivity index (χ1n) is 10.8. The van der Waals surface area contributed by atoms with Crippen molar-refractivity contribution in [3.05, 3.63) is 30.3 Å². The second-order valence-corrected chi connectivity index (χ2v) is 8.49. The average molecular weight is 371 g/mol. The van der Waals surface area contributed by atoms with Gasteiger partial charge in [0.15, 0.2) is 0 Å². The molecule has 0 spiro atoms. The van der Waals surface area contributed by atoms with Crippen molar-refractivity contribution < 1.29 is 4.79 Å². The molecule has 3 aliphatic rings. The van der Waals surface area contributed by atoms with Crippen LogP contribution in [0.25, 0.3) is 0 Å². The Morgan fingerprint density at radius 2 is 1.70 bits per heavy atom. The summed E-state index contributed by atoms with van der Waals surface area (Å²) in [6.45, 7) is 7.85. The molecule has 5 heteroatoms. The fourth-order valence-electron chi connectivity index (χ4n) is 4.95. The minimum atomic E-state index is 0.197. The van der Waals surface area contributed by atoms with Crippen LogP contribution in [0, 0.1) is 5.92 Å². The van der Waals surface area contributed by atoms with Gasteiger partial charge in [-0.3, -0.25) is 14.6 Å². The third-order valence-corrected chi connectivity index (χ3v) is 6.61. The second kappa shape index (κ2) is 9.07. The van der Waals surface area contributed by atoms with Gasteiger partial charge in [0, 0.05) is 57.5 Å². The predicted octanol–water partition coefficient (Wildman–Crippen LogP) is 2.19.